The molecule has 5 heteroatoms. The number of carbonyl (C=O) groups excluding carboxylic acids is 1. The lowest BCUT2D eigenvalue weighted by molar-refractivity contribution is 0.0696. The average molecular weight is 288 g/mol. The Hall–Kier alpha value is -2.04. The summed E-state index contributed by atoms with van der Waals surface area (Å²) in [6.45, 7) is 3.10. The molecule has 1 aliphatic carbocycles. The number of amides is 2. The van der Waals surface area contributed by atoms with Crippen molar-refractivity contribution in [3.8, 4) is 0 Å². The van der Waals surface area contributed by atoms with E-state index >= 15 is 0 Å². The molecule has 0 spiro atoms. The third-order valence-corrected chi connectivity index (χ3v) is 4.67. The number of aromatic carboxylic acids is 1. The van der Waals surface area contributed by atoms with Gasteiger partial charge in [-0.15, -0.1) is 0 Å². The van der Waals surface area contributed by atoms with Crippen LogP contribution in [0.4, 0.5) is 4.79 Å². The lowest BCUT2D eigenvalue weighted by Crippen LogP contribution is -2.45. The SMILES string of the molecule is CC(NC(=O)N1Cc2ccc(C(=O)O)cc2C1)C1CCC1. The monoisotopic (exact) mass is 288 g/mol. The van der Waals surface area contributed by atoms with Crippen LogP contribution in [0.1, 0.15) is 47.7 Å². The zero-order chi connectivity index (χ0) is 15.0. The van der Waals surface area contributed by atoms with Crippen LogP contribution >= 0.6 is 0 Å². The summed E-state index contributed by atoms with van der Waals surface area (Å²) < 4.78 is 0. The van der Waals surface area contributed by atoms with Gasteiger partial charge >= 0.3 is 12.0 Å². The van der Waals surface area contributed by atoms with Gasteiger partial charge in [0.05, 0.1) is 5.56 Å². The highest BCUT2D eigenvalue weighted by atomic mass is 16.4. The third-order valence-electron chi connectivity index (χ3n) is 4.67. The Bertz CT molecular complexity index is 581. The zero-order valence-corrected chi connectivity index (χ0v) is 12.1. The zero-order valence-electron chi connectivity index (χ0n) is 12.1. The maximum Gasteiger partial charge on any atom is 0.335 e. The molecule has 1 aliphatic heterocycles. The highest BCUT2D eigenvalue weighted by molar-refractivity contribution is 5.88. The van der Waals surface area contributed by atoms with E-state index in [2.05, 4.69) is 12.2 Å². The number of nitrogens with one attached hydrogen (secondary N) is 1. The predicted octanol–water partition coefficient (Wildman–Crippen LogP) is 2.60. The summed E-state index contributed by atoms with van der Waals surface area (Å²) in [7, 11) is 0. The van der Waals surface area contributed by atoms with Crippen molar-refractivity contribution in [2.24, 2.45) is 5.92 Å². The summed E-state index contributed by atoms with van der Waals surface area (Å²) in [6, 6.07) is 5.23. The van der Waals surface area contributed by atoms with Crippen molar-refractivity contribution in [1.82, 2.24) is 10.2 Å². The molecule has 0 aromatic heterocycles. The molecule has 1 atom stereocenters. The fourth-order valence-corrected chi connectivity index (χ4v) is 3.01. The summed E-state index contributed by atoms with van der Waals surface area (Å²) in [4.78, 5) is 25.0. The number of carboxylic acids is 1. The van der Waals surface area contributed by atoms with Crippen LogP contribution in [0.2, 0.25) is 0 Å². The number of nitrogens with zero attached hydrogens (tertiary/aromatic N) is 1. The van der Waals surface area contributed by atoms with Gasteiger partial charge in [-0.1, -0.05) is 12.5 Å². The van der Waals surface area contributed by atoms with Gasteiger partial charge in [0.2, 0.25) is 0 Å². The molecule has 1 fully saturated rings. The standard InChI is InChI=1S/C16H20N2O3/c1-10(11-3-2-4-11)17-16(21)18-8-13-6-5-12(15(19)20)7-14(13)9-18/h5-7,10-11H,2-4,8-9H2,1H3,(H,17,21)(H,19,20). The summed E-state index contributed by atoms with van der Waals surface area (Å²) >= 11 is 0. The highest BCUT2D eigenvalue weighted by Crippen LogP contribution is 2.30. The van der Waals surface area contributed by atoms with Gasteiger partial charge in [-0.25, -0.2) is 9.59 Å². The van der Waals surface area contributed by atoms with E-state index < -0.39 is 5.97 Å². The molecule has 2 aliphatic rings. The topological polar surface area (TPSA) is 69.6 Å². The van der Waals surface area contributed by atoms with E-state index in [0.717, 1.165) is 11.1 Å². The van der Waals surface area contributed by atoms with E-state index in [-0.39, 0.29) is 17.6 Å². The summed E-state index contributed by atoms with van der Waals surface area (Å²) in [5, 5.41) is 12.1. The Labute approximate surface area is 123 Å². The molecular weight excluding hydrogens is 268 g/mol. The fraction of sp³-hybridized carbons (Fsp3) is 0.500. The van der Waals surface area contributed by atoms with Crippen molar-refractivity contribution in [1.29, 1.82) is 0 Å². The second-order valence-corrected chi connectivity index (χ2v) is 6.07. The van der Waals surface area contributed by atoms with Gasteiger partial charge in [-0.3, -0.25) is 0 Å². The van der Waals surface area contributed by atoms with E-state index in [0.29, 0.717) is 19.0 Å². The van der Waals surface area contributed by atoms with E-state index in [1.54, 1.807) is 23.1 Å². The number of rotatable bonds is 3. The van der Waals surface area contributed by atoms with Crippen molar-refractivity contribution in [3.05, 3.63) is 34.9 Å². The molecule has 1 aromatic rings. The smallest absolute Gasteiger partial charge is 0.335 e. The Morgan fingerprint density at radius 2 is 2.00 bits per heavy atom. The number of urea groups is 1. The number of benzene rings is 1. The highest BCUT2D eigenvalue weighted by Gasteiger charge is 2.29. The first kappa shape index (κ1) is 13.9. The second kappa shape index (κ2) is 5.39. The third kappa shape index (κ3) is 2.73. The molecule has 1 unspecified atom stereocenters. The molecule has 3 rings (SSSR count). The first-order valence-electron chi connectivity index (χ1n) is 7.45. The molecule has 1 saturated carbocycles. The van der Waals surface area contributed by atoms with E-state index in [1.807, 2.05) is 0 Å². The maximum atomic E-state index is 12.3. The van der Waals surface area contributed by atoms with Crippen molar-refractivity contribution in [3.63, 3.8) is 0 Å². The summed E-state index contributed by atoms with van der Waals surface area (Å²) in [6.07, 6.45) is 3.66. The first-order chi connectivity index (χ1) is 10.0. The maximum absolute atomic E-state index is 12.3. The number of fused-ring (bicyclic) bond motifs is 1. The Morgan fingerprint density at radius 3 is 2.62 bits per heavy atom. The molecule has 0 bridgehead atoms. The van der Waals surface area contributed by atoms with Crippen LogP contribution in [0.5, 0.6) is 0 Å². The van der Waals surface area contributed by atoms with Crippen molar-refractivity contribution >= 4 is 12.0 Å². The van der Waals surface area contributed by atoms with Gasteiger partial charge in [-0.05, 0) is 48.9 Å². The fourth-order valence-electron chi connectivity index (χ4n) is 3.01. The van der Waals surface area contributed by atoms with Gasteiger partial charge in [0.15, 0.2) is 0 Å². The van der Waals surface area contributed by atoms with Crippen LogP contribution < -0.4 is 5.32 Å². The molecular formula is C16H20N2O3. The number of carboxylic acid groups (broad SMARTS) is 1. The number of carbonyl (C=O) groups is 2. The Morgan fingerprint density at radius 1 is 1.29 bits per heavy atom. The van der Waals surface area contributed by atoms with Gasteiger partial charge in [0, 0.05) is 19.1 Å². The lowest BCUT2D eigenvalue weighted by atomic mass is 9.80. The van der Waals surface area contributed by atoms with Crippen molar-refractivity contribution in [2.75, 3.05) is 0 Å². The molecule has 0 saturated heterocycles. The Balaban J connectivity index is 1.63. The minimum absolute atomic E-state index is 0.0533. The number of hydrogen-bond acceptors (Lipinski definition) is 2. The van der Waals surface area contributed by atoms with E-state index in [9.17, 15) is 9.59 Å². The van der Waals surface area contributed by atoms with Crippen molar-refractivity contribution in [2.45, 2.75) is 45.3 Å². The van der Waals surface area contributed by atoms with Crippen LogP contribution in [0.25, 0.3) is 0 Å². The molecule has 21 heavy (non-hydrogen) atoms. The summed E-state index contributed by atoms with van der Waals surface area (Å²) in [5.41, 5.74) is 2.24. The van der Waals surface area contributed by atoms with Gasteiger partial charge in [-0.2, -0.15) is 0 Å². The molecule has 0 radical (unpaired) electrons. The van der Waals surface area contributed by atoms with Crippen LogP contribution in [-0.4, -0.2) is 28.0 Å². The quantitative estimate of drug-likeness (QED) is 0.898. The van der Waals surface area contributed by atoms with E-state index in [4.69, 9.17) is 5.11 Å². The average Bonchev–Trinajstić information content (AvgIpc) is 2.78. The van der Waals surface area contributed by atoms with Crippen LogP contribution in [-0.2, 0) is 13.1 Å². The Kier molecular flexibility index (Phi) is 3.57. The minimum atomic E-state index is -0.931. The van der Waals surface area contributed by atoms with Crippen LogP contribution in [0.3, 0.4) is 0 Å². The summed E-state index contributed by atoms with van der Waals surface area (Å²) in [5.74, 6) is -0.322. The predicted molar refractivity (Wildman–Crippen MR) is 78.0 cm³/mol. The largest absolute Gasteiger partial charge is 0.478 e. The van der Waals surface area contributed by atoms with Crippen LogP contribution in [0.15, 0.2) is 18.2 Å². The molecule has 112 valence electrons. The first-order valence-corrected chi connectivity index (χ1v) is 7.45. The molecule has 1 heterocycles. The second-order valence-electron chi connectivity index (χ2n) is 6.07. The van der Waals surface area contributed by atoms with Gasteiger partial charge in [0.1, 0.15) is 0 Å². The van der Waals surface area contributed by atoms with Crippen molar-refractivity contribution < 1.29 is 14.7 Å². The van der Waals surface area contributed by atoms with Gasteiger partial charge < -0.3 is 15.3 Å². The molecule has 1 aromatic carbocycles. The van der Waals surface area contributed by atoms with Crippen LogP contribution in [0, 0.1) is 5.92 Å². The van der Waals surface area contributed by atoms with E-state index in [1.165, 1.54) is 19.3 Å². The molecule has 5 nitrogen and oxygen atoms in total. The minimum Gasteiger partial charge on any atom is -0.478 e. The van der Waals surface area contributed by atoms with Gasteiger partial charge in [0.25, 0.3) is 0 Å². The molecule has 2 N–H and O–H groups in total. The lowest BCUT2D eigenvalue weighted by Gasteiger charge is -2.33. The number of hydrogen-bond donors (Lipinski definition) is 2. The normalized spacial score (nSPS) is 18.8. The molecule has 2 amide bonds.